The summed E-state index contributed by atoms with van der Waals surface area (Å²) < 4.78 is 6.08. The average molecular weight is 564 g/mol. The Hall–Kier alpha value is -2.63. The number of ketones is 1. The van der Waals surface area contributed by atoms with Crippen LogP contribution in [0.4, 0.5) is 5.13 Å². The molecular formula is C23H15Cl2N3O4S3. The zero-order valence-corrected chi connectivity index (χ0v) is 21.9. The molecular weight excluding hydrogens is 549 g/mol. The lowest BCUT2D eigenvalue weighted by atomic mass is 10.0. The van der Waals surface area contributed by atoms with E-state index in [1.165, 1.54) is 45.4 Å². The Bertz CT molecular complexity index is 1460. The molecule has 178 valence electrons. The molecule has 0 aliphatic carbocycles. The third-order valence-corrected chi connectivity index (χ3v) is 8.81. The van der Waals surface area contributed by atoms with Gasteiger partial charge < -0.3 is 9.52 Å². The largest absolute Gasteiger partial charge is 0.503 e. The molecule has 0 radical (unpaired) electrons. The van der Waals surface area contributed by atoms with Crippen molar-refractivity contribution in [2.75, 3.05) is 4.90 Å². The minimum absolute atomic E-state index is 0.0496. The van der Waals surface area contributed by atoms with Gasteiger partial charge in [0.25, 0.3) is 5.91 Å². The van der Waals surface area contributed by atoms with E-state index in [1.807, 2.05) is 17.5 Å². The van der Waals surface area contributed by atoms with E-state index < -0.39 is 23.5 Å². The topological polar surface area (TPSA) is 96.5 Å². The highest BCUT2D eigenvalue weighted by Crippen LogP contribution is 2.45. The quantitative estimate of drug-likeness (QED) is 0.148. The first-order valence-corrected chi connectivity index (χ1v) is 13.6. The van der Waals surface area contributed by atoms with E-state index in [1.54, 1.807) is 31.2 Å². The number of thioether (sulfide) groups is 1. The molecule has 5 rings (SSSR count). The van der Waals surface area contributed by atoms with Crippen LogP contribution in [0.15, 0.2) is 67.9 Å². The number of halogens is 2. The van der Waals surface area contributed by atoms with Gasteiger partial charge >= 0.3 is 0 Å². The molecule has 1 aliphatic heterocycles. The zero-order valence-electron chi connectivity index (χ0n) is 17.9. The number of nitrogens with zero attached hydrogens (tertiary/aromatic N) is 3. The minimum Gasteiger partial charge on any atom is -0.503 e. The number of anilines is 1. The average Bonchev–Trinajstić information content (AvgIpc) is 3.62. The molecule has 0 bridgehead atoms. The third-order valence-electron chi connectivity index (χ3n) is 5.20. The highest BCUT2D eigenvalue weighted by Gasteiger charge is 2.47. The van der Waals surface area contributed by atoms with E-state index in [4.69, 9.17) is 27.6 Å². The maximum Gasteiger partial charge on any atom is 0.296 e. The first kappa shape index (κ1) is 24.1. The van der Waals surface area contributed by atoms with Crippen LogP contribution < -0.4 is 4.90 Å². The van der Waals surface area contributed by atoms with Gasteiger partial charge in [0.1, 0.15) is 11.8 Å². The molecule has 1 aromatic carbocycles. The SMILES string of the molecule is Cc1ccc(C(=O)C2=C(O)C(=O)N(c3nnc(SCc4ccc(Cl)cc4Cl)s3)C2c2cccs2)o1. The van der Waals surface area contributed by atoms with Gasteiger partial charge in [-0.2, -0.15) is 0 Å². The number of hydrogen-bond donors (Lipinski definition) is 1. The normalized spacial score (nSPS) is 15.9. The Morgan fingerprint density at radius 2 is 2.06 bits per heavy atom. The van der Waals surface area contributed by atoms with Crippen LogP contribution >= 0.6 is 57.6 Å². The van der Waals surface area contributed by atoms with Crippen LogP contribution in [0.3, 0.4) is 0 Å². The number of furan rings is 1. The van der Waals surface area contributed by atoms with Crippen molar-refractivity contribution in [2.45, 2.75) is 23.1 Å². The lowest BCUT2D eigenvalue weighted by Gasteiger charge is -2.22. The second-order valence-corrected chi connectivity index (χ2v) is 11.5. The highest BCUT2D eigenvalue weighted by molar-refractivity contribution is 8.00. The lowest BCUT2D eigenvalue weighted by molar-refractivity contribution is -0.117. The Morgan fingerprint density at radius 3 is 2.74 bits per heavy atom. The molecule has 1 atom stereocenters. The number of amides is 1. The van der Waals surface area contributed by atoms with Gasteiger partial charge in [-0.15, -0.1) is 21.5 Å². The molecule has 0 saturated heterocycles. The van der Waals surface area contributed by atoms with Crippen molar-refractivity contribution in [1.82, 2.24) is 10.2 Å². The Kier molecular flexibility index (Phi) is 6.73. The van der Waals surface area contributed by atoms with Crippen LogP contribution in [-0.2, 0) is 10.5 Å². The molecule has 12 heteroatoms. The number of carbonyl (C=O) groups excluding carboxylic acids is 2. The minimum atomic E-state index is -0.850. The van der Waals surface area contributed by atoms with Gasteiger partial charge in [0.15, 0.2) is 15.9 Å². The van der Waals surface area contributed by atoms with Crippen LogP contribution in [0, 0.1) is 6.92 Å². The van der Waals surface area contributed by atoms with E-state index in [2.05, 4.69) is 10.2 Å². The summed E-state index contributed by atoms with van der Waals surface area (Å²) in [4.78, 5) is 28.5. The predicted molar refractivity (Wildman–Crippen MR) is 138 cm³/mol. The second-order valence-electron chi connectivity index (χ2n) is 7.47. The number of hydrogen-bond acceptors (Lipinski definition) is 9. The zero-order chi connectivity index (χ0) is 24.7. The van der Waals surface area contributed by atoms with Crippen LogP contribution in [-0.4, -0.2) is 27.0 Å². The van der Waals surface area contributed by atoms with Crippen molar-refractivity contribution in [3.8, 4) is 0 Å². The second kappa shape index (κ2) is 9.79. The lowest BCUT2D eigenvalue weighted by Crippen LogP contribution is -2.30. The van der Waals surface area contributed by atoms with Gasteiger partial charge in [0.2, 0.25) is 10.9 Å². The number of Topliss-reactive ketones (excluding diaryl/α,β-unsaturated/α-hetero) is 1. The van der Waals surface area contributed by atoms with E-state index in [9.17, 15) is 14.7 Å². The smallest absolute Gasteiger partial charge is 0.296 e. The Balaban J connectivity index is 1.45. The molecule has 0 spiro atoms. The number of carbonyl (C=O) groups is 2. The Morgan fingerprint density at radius 1 is 1.23 bits per heavy atom. The van der Waals surface area contributed by atoms with Crippen molar-refractivity contribution in [3.05, 3.63) is 91.2 Å². The molecule has 4 heterocycles. The van der Waals surface area contributed by atoms with Gasteiger partial charge in [-0.1, -0.05) is 58.4 Å². The maximum atomic E-state index is 13.3. The summed E-state index contributed by atoms with van der Waals surface area (Å²) in [5, 5.41) is 22.4. The van der Waals surface area contributed by atoms with Gasteiger partial charge in [-0.25, -0.2) is 0 Å². The first-order chi connectivity index (χ1) is 16.8. The molecule has 0 saturated carbocycles. The van der Waals surface area contributed by atoms with Gasteiger partial charge in [0, 0.05) is 20.7 Å². The molecule has 1 amide bonds. The molecule has 1 N–H and O–H groups in total. The standard InChI is InChI=1S/C23H15Cl2N3O4S3/c1-11-4-7-15(32-11)19(29)17-18(16-3-2-8-33-16)28(21(31)20(17)30)22-26-27-23(35-22)34-10-12-5-6-13(24)9-14(12)25/h2-9,18,30H,10H2,1H3. The van der Waals surface area contributed by atoms with E-state index in [0.29, 0.717) is 30.8 Å². The fourth-order valence-electron chi connectivity index (χ4n) is 3.58. The molecule has 7 nitrogen and oxygen atoms in total. The van der Waals surface area contributed by atoms with E-state index >= 15 is 0 Å². The maximum absolute atomic E-state index is 13.3. The fraction of sp³-hybridized carbons (Fsp3) is 0.130. The van der Waals surface area contributed by atoms with Crippen molar-refractivity contribution >= 4 is 74.5 Å². The predicted octanol–water partition coefficient (Wildman–Crippen LogP) is 6.88. The van der Waals surface area contributed by atoms with Gasteiger partial charge in [0.05, 0.1) is 5.57 Å². The summed E-state index contributed by atoms with van der Waals surface area (Å²) in [5.41, 5.74) is 0.830. The van der Waals surface area contributed by atoms with Crippen LogP contribution in [0.5, 0.6) is 0 Å². The third kappa shape index (κ3) is 4.64. The molecule has 1 unspecified atom stereocenters. The van der Waals surface area contributed by atoms with E-state index in [-0.39, 0.29) is 16.5 Å². The van der Waals surface area contributed by atoms with Gasteiger partial charge in [-0.05, 0) is 48.2 Å². The van der Waals surface area contributed by atoms with Crippen molar-refractivity contribution in [1.29, 1.82) is 0 Å². The molecule has 4 aromatic rings. The molecule has 3 aromatic heterocycles. The van der Waals surface area contributed by atoms with Crippen molar-refractivity contribution < 1.29 is 19.1 Å². The summed E-state index contributed by atoms with van der Waals surface area (Å²) in [5.74, 6) is -0.773. The van der Waals surface area contributed by atoms with Crippen LogP contribution in [0.1, 0.15) is 32.8 Å². The molecule has 0 fully saturated rings. The summed E-state index contributed by atoms with van der Waals surface area (Å²) in [6.07, 6.45) is 0. The number of aryl methyl sites for hydroxylation is 1. The van der Waals surface area contributed by atoms with Crippen LogP contribution in [0.25, 0.3) is 0 Å². The summed E-state index contributed by atoms with van der Waals surface area (Å²) in [6, 6.07) is 11.2. The molecule has 1 aliphatic rings. The summed E-state index contributed by atoms with van der Waals surface area (Å²) in [6.45, 7) is 1.71. The number of rotatable bonds is 7. The van der Waals surface area contributed by atoms with E-state index in [0.717, 1.165) is 5.56 Å². The van der Waals surface area contributed by atoms with Crippen molar-refractivity contribution in [3.63, 3.8) is 0 Å². The monoisotopic (exact) mass is 563 g/mol. The number of aliphatic hydroxyl groups is 1. The number of aromatic nitrogens is 2. The molecule has 35 heavy (non-hydrogen) atoms. The van der Waals surface area contributed by atoms with Crippen molar-refractivity contribution in [2.24, 2.45) is 0 Å². The fourth-order valence-corrected chi connectivity index (χ4v) is 6.83. The Labute approximate surface area is 222 Å². The van der Waals surface area contributed by atoms with Crippen LogP contribution in [0.2, 0.25) is 10.0 Å². The number of benzene rings is 1. The summed E-state index contributed by atoms with van der Waals surface area (Å²) in [7, 11) is 0. The highest BCUT2D eigenvalue weighted by atomic mass is 35.5. The number of thiophene rings is 1. The van der Waals surface area contributed by atoms with Gasteiger partial charge in [-0.3, -0.25) is 14.5 Å². The number of aliphatic hydroxyl groups excluding tert-OH is 1. The first-order valence-electron chi connectivity index (χ1n) is 10.1. The summed E-state index contributed by atoms with van der Waals surface area (Å²) >= 11 is 16.2.